The van der Waals surface area contributed by atoms with Crippen LogP contribution in [0.5, 0.6) is 0 Å². The van der Waals surface area contributed by atoms with E-state index in [1.54, 1.807) is 11.8 Å². The highest BCUT2D eigenvalue weighted by atomic mass is 32.2. The fourth-order valence-corrected chi connectivity index (χ4v) is 4.65. The third kappa shape index (κ3) is 5.43. The average Bonchev–Trinajstić information content (AvgIpc) is 3.57. The van der Waals surface area contributed by atoms with Crippen LogP contribution in [-0.4, -0.2) is 54.3 Å². The summed E-state index contributed by atoms with van der Waals surface area (Å²) in [5, 5.41) is 2.99. The Kier molecular flexibility index (Phi) is 6.44. The minimum atomic E-state index is -0.00764. The summed E-state index contributed by atoms with van der Waals surface area (Å²) in [7, 11) is 0. The maximum atomic E-state index is 12.4. The van der Waals surface area contributed by atoms with Gasteiger partial charge in [-0.05, 0) is 62.6 Å². The van der Waals surface area contributed by atoms with E-state index in [9.17, 15) is 9.59 Å². The molecule has 0 spiro atoms. The summed E-state index contributed by atoms with van der Waals surface area (Å²) >= 11 is 1.73. The smallest absolute Gasteiger partial charge is 0.238 e. The standard InChI is InChI=1S/C24H29N3O2S/c1-17-3-10-22(18(2)15-17)30-21-8-6-20(7-9-21)25-23(28)16-26-11-13-27(14-12-26)24(29)19-4-5-19/h3,6-10,15,19H,4-5,11-14,16H2,1-2H3,(H,25,28). The van der Waals surface area contributed by atoms with E-state index in [4.69, 9.17) is 0 Å². The first kappa shape index (κ1) is 20.9. The highest BCUT2D eigenvalue weighted by Gasteiger charge is 2.34. The van der Waals surface area contributed by atoms with Crippen LogP contribution in [0, 0.1) is 19.8 Å². The third-order valence-corrected chi connectivity index (χ3v) is 6.86. The van der Waals surface area contributed by atoms with Crippen molar-refractivity contribution in [2.24, 2.45) is 5.92 Å². The lowest BCUT2D eigenvalue weighted by Crippen LogP contribution is -2.50. The number of rotatable bonds is 6. The van der Waals surface area contributed by atoms with Gasteiger partial charge in [0.05, 0.1) is 6.54 Å². The summed E-state index contributed by atoms with van der Waals surface area (Å²) in [5.74, 6) is 0.570. The largest absolute Gasteiger partial charge is 0.340 e. The first-order valence-corrected chi connectivity index (χ1v) is 11.5. The summed E-state index contributed by atoms with van der Waals surface area (Å²) in [6.45, 7) is 7.58. The van der Waals surface area contributed by atoms with Gasteiger partial charge in [-0.15, -0.1) is 0 Å². The molecule has 1 N–H and O–H groups in total. The molecule has 2 aromatic rings. The number of benzene rings is 2. The Labute approximate surface area is 182 Å². The number of nitrogens with one attached hydrogen (secondary N) is 1. The van der Waals surface area contributed by atoms with E-state index in [1.165, 1.54) is 16.0 Å². The van der Waals surface area contributed by atoms with Crippen molar-refractivity contribution in [3.8, 4) is 0 Å². The highest BCUT2D eigenvalue weighted by molar-refractivity contribution is 7.99. The predicted molar refractivity (Wildman–Crippen MR) is 121 cm³/mol. The van der Waals surface area contributed by atoms with Gasteiger partial charge >= 0.3 is 0 Å². The fraction of sp³-hybridized carbons (Fsp3) is 0.417. The molecule has 1 saturated carbocycles. The topological polar surface area (TPSA) is 52.7 Å². The Morgan fingerprint density at radius 1 is 1.00 bits per heavy atom. The molecule has 2 amide bonds. The lowest BCUT2D eigenvalue weighted by molar-refractivity contribution is -0.134. The quantitative estimate of drug-likeness (QED) is 0.765. The number of carbonyl (C=O) groups excluding carboxylic acids is 2. The summed E-state index contributed by atoms with van der Waals surface area (Å²) in [6, 6.07) is 14.5. The molecule has 2 aliphatic rings. The second kappa shape index (κ2) is 9.23. The number of hydrogen-bond acceptors (Lipinski definition) is 4. The van der Waals surface area contributed by atoms with Gasteiger partial charge in [0, 0.05) is 47.6 Å². The van der Waals surface area contributed by atoms with Crippen molar-refractivity contribution in [1.29, 1.82) is 0 Å². The van der Waals surface area contributed by atoms with Crippen LogP contribution in [0.3, 0.4) is 0 Å². The van der Waals surface area contributed by atoms with Gasteiger partial charge in [-0.3, -0.25) is 14.5 Å². The van der Waals surface area contributed by atoms with Gasteiger partial charge in [-0.25, -0.2) is 0 Å². The van der Waals surface area contributed by atoms with Crippen LogP contribution in [0.25, 0.3) is 0 Å². The monoisotopic (exact) mass is 423 g/mol. The van der Waals surface area contributed by atoms with E-state index in [0.29, 0.717) is 12.5 Å². The summed E-state index contributed by atoms with van der Waals surface area (Å²) in [4.78, 5) is 31.0. The van der Waals surface area contributed by atoms with Crippen molar-refractivity contribution < 1.29 is 9.59 Å². The second-order valence-electron chi connectivity index (χ2n) is 8.32. The molecule has 2 fully saturated rings. The normalized spacial score (nSPS) is 17.1. The molecule has 158 valence electrons. The van der Waals surface area contributed by atoms with Crippen molar-refractivity contribution in [3.63, 3.8) is 0 Å². The van der Waals surface area contributed by atoms with Gasteiger partial charge in [-0.2, -0.15) is 0 Å². The van der Waals surface area contributed by atoms with Crippen molar-refractivity contribution in [2.45, 2.75) is 36.5 Å². The molecule has 1 aliphatic carbocycles. The Hall–Kier alpha value is -2.31. The molecule has 0 bridgehead atoms. The fourth-order valence-electron chi connectivity index (χ4n) is 3.77. The van der Waals surface area contributed by atoms with E-state index < -0.39 is 0 Å². The Bertz CT molecular complexity index is 917. The van der Waals surface area contributed by atoms with Crippen molar-refractivity contribution in [1.82, 2.24) is 9.80 Å². The van der Waals surface area contributed by atoms with Crippen LogP contribution in [0.15, 0.2) is 52.3 Å². The van der Waals surface area contributed by atoms with Gasteiger partial charge < -0.3 is 10.2 Å². The molecule has 0 atom stereocenters. The van der Waals surface area contributed by atoms with Crippen LogP contribution in [0.2, 0.25) is 0 Å². The Balaban J connectivity index is 1.24. The van der Waals surface area contributed by atoms with Crippen LogP contribution in [0.4, 0.5) is 5.69 Å². The Morgan fingerprint density at radius 3 is 2.33 bits per heavy atom. The molecule has 0 unspecified atom stereocenters. The van der Waals surface area contributed by atoms with Crippen molar-refractivity contribution in [3.05, 3.63) is 53.6 Å². The minimum absolute atomic E-state index is 0.00764. The Morgan fingerprint density at radius 2 is 1.70 bits per heavy atom. The first-order valence-electron chi connectivity index (χ1n) is 10.6. The SMILES string of the molecule is Cc1ccc(Sc2ccc(NC(=O)CN3CCN(C(=O)C4CC4)CC3)cc2)c(C)c1. The predicted octanol–water partition coefficient (Wildman–Crippen LogP) is 3.95. The number of aryl methyl sites for hydroxylation is 2. The number of anilines is 1. The highest BCUT2D eigenvalue weighted by Crippen LogP contribution is 2.32. The molecule has 30 heavy (non-hydrogen) atoms. The van der Waals surface area contributed by atoms with Crippen LogP contribution < -0.4 is 5.32 Å². The van der Waals surface area contributed by atoms with E-state index in [-0.39, 0.29) is 11.8 Å². The van der Waals surface area contributed by atoms with Crippen LogP contribution in [-0.2, 0) is 9.59 Å². The zero-order valence-electron chi connectivity index (χ0n) is 17.7. The lowest BCUT2D eigenvalue weighted by atomic mass is 10.2. The third-order valence-electron chi connectivity index (χ3n) is 5.67. The summed E-state index contributed by atoms with van der Waals surface area (Å²) < 4.78 is 0. The van der Waals surface area contributed by atoms with Gasteiger partial charge in [0.25, 0.3) is 0 Å². The van der Waals surface area contributed by atoms with Crippen LogP contribution in [0.1, 0.15) is 24.0 Å². The van der Waals surface area contributed by atoms with Crippen molar-refractivity contribution in [2.75, 3.05) is 38.0 Å². The number of hydrogen-bond donors (Lipinski definition) is 1. The molecule has 1 saturated heterocycles. The van der Waals surface area contributed by atoms with E-state index in [1.807, 2.05) is 29.2 Å². The molecule has 0 radical (unpaired) electrons. The van der Waals surface area contributed by atoms with Crippen molar-refractivity contribution >= 4 is 29.3 Å². The number of carbonyl (C=O) groups is 2. The lowest BCUT2D eigenvalue weighted by Gasteiger charge is -2.34. The van der Waals surface area contributed by atoms with E-state index in [0.717, 1.165) is 49.6 Å². The molecule has 2 aromatic carbocycles. The van der Waals surface area contributed by atoms with Gasteiger partial charge in [0.1, 0.15) is 0 Å². The van der Waals surface area contributed by atoms with Gasteiger partial charge in [-0.1, -0.05) is 29.5 Å². The minimum Gasteiger partial charge on any atom is -0.340 e. The summed E-state index contributed by atoms with van der Waals surface area (Å²) in [5.41, 5.74) is 3.36. The number of piperazine rings is 1. The second-order valence-corrected chi connectivity index (χ2v) is 9.43. The van der Waals surface area contributed by atoms with Gasteiger partial charge in [0.2, 0.25) is 11.8 Å². The molecule has 4 rings (SSSR count). The van der Waals surface area contributed by atoms with E-state index >= 15 is 0 Å². The molecule has 1 heterocycles. The number of amides is 2. The average molecular weight is 424 g/mol. The van der Waals surface area contributed by atoms with Crippen LogP contribution >= 0.6 is 11.8 Å². The summed E-state index contributed by atoms with van der Waals surface area (Å²) in [6.07, 6.45) is 2.09. The van der Waals surface area contributed by atoms with Gasteiger partial charge in [0.15, 0.2) is 0 Å². The zero-order valence-corrected chi connectivity index (χ0v) is 18.5. The molecular formula is C24H29N3O2S. The first-order chi connectivity index (χ1) is 14.5. The molecular weight excluding hydrogens is 394 g/mol. The maximum absolute atomic E-state index is 12.4. The molecule has 5 nitrogen and oxygen atoms in total. The zero-order chi connectivity index (χ0) is 21.1. The molecule has 0 aromatic heterocycles. The maximum Gasteiger partial charge on any atom is 0.238 e. The molecule has 1 aliphatic heterocycles. The molecule has 6 heteroatoms. The van der Waals surface area contributed by atoms with E-state index in [2.05, 4.69) is 42.3 Å². The number of nitrogens with zero attached hydrogens (tertiary/aromatic N) is 2.